The minimum Gasteiger partial charge on any atom is -0.442 e. The first-order valence-electron chi connectivity index (χ1n) is 8.16. The zero-order chi connectivity index (χ0) is 18.9. The molecule has 1 atom stereocenters. The van der Waals surface area contributed by atoms with Crippen molar-refractivity contribution in [1.82, 2.24) is 5.32 Å². The molecule has 2 aliphatic heterocycles. The molecule has 26 heavy (non-hydrogen) atoms. The molecule has 0 bridgehead atoms. The maximum atomic E-state index is 12.3. The number of anilines is 2. The van der Waals surface area contributed by atoms with E-state index in [9.17, 15) is 18.0 Å². The van der Waals surface area contributed by atoms with E-state index in [0.717, 1.165) is 0 Å². The third kappa shape index (κ3) is 3.61. The average Bonchev–Trinajstić information content (AvgIpc) is 3.06. The lowest BCUT2D eigenvalue weighted by Gasteiger charge is -2.19. The van der Waals surface area contributed by atoms with Crippen LogP contribution < -0.4 is 14.5 Å². The number of hydrogen-bond acceptors (Lipinski definition) is 6. The zero-order valence-electron chi connectivity index (χ0n) is 14.6. The van der Waals surface area contributed by atoms with Crippen molar-refractivity contribution < 1.29 is 27.5 Å². The Labute approximate surface area is 151 Å². The number of amides is 2. The van der Waals surface area contributed by atoms with E-state index in [1.54, 1.807) is 18.2 Å². The molecule has 3 rings (SSSR count). The van der Waals surface area contributed by atoms with E-state index >= 15 is 0 Å². The number of hydrogen-bond donors (Lipinski definition) is 1. The largest absolute Gasteiger partial charge is 0.442 e. The average molecular weight is 383 g/mol. The number of cyclic esters (lactones) is 1. The van der Waals surface area contributed by atoms with Gasteiger partial charge in [-0.15, -0.1) is 0 Å². The normalized spacial score (nSPS) is 20.8. The first-order valence-corrected chi connectivity index (χ1v) is 9.77. The third-order valence-corrected chi connectivity index (χ3v) is 6.00. The summed E-state index contributed by atoms with van der Waals surface area (Å²) in [5.41, 5.74) is 1.81. The van der Waals surface area contributed by atoms with Crippen LogP contribution in [0, 0.1) is 0 Å². The molecule has 0 radical (unpaired) electrons. The molecule has 2 amide bonds. The molecule has 142 valence electrons. The fourth-order valence-electron chi connectivity index (χ4n) is 3.05. The van der Waals surface area contributed by atoms with Crippen LogP contribution in [0.1, 0.15) is 12.5 Å². The molecule has 0 spiro atoms. The number of benzene rings is 1. The lowest BCUT2D eigenvalue weighted by Crippen LogP contribution is -2.33. The van der Waals surface area contributed by atoms with Crippen LogP contribution in [0.2, 0.25) is 0 Å². The standard InChI is InChI=1S/C16H21N3O6S/c1-11(20)17-8-14-9-18(16(21)25-14)13-3-4-15-12(7-13)10-26(22,23)19(15)5-6-24-2/h3-4,7,14H,5-6,8-10H2,1-2H3,(H,17,20)/t14-/m0/s1. The van der Waals surface area contributed by atoms with Gasteiger partial charge in [0.05, 0.1) is 37.7 Å². The van der Waals surface area contributed by atoms with Gasteiger partial charge in [-0.1, -0.05) is 0 Å². The molecule has 10 heteroatoms. The molecule has 1 N–H and O–H groups in total. The molecule has 1 saturated heterocycles. The predicted molar refractivity (Wildman–Crippen MR) is 94.6 cm³/mol. The van der Waals surface area contributed by atoms with E-state index in [2.05, 4.69) is 5.32 Å². The van der Waals surface area contributed by atoms with Crippen LogP contribution >= 0.6 is 0 Å². The zero-order valence-corrected chi connectivity index (χ0v) is 15.4. The number of fused-ring (bicyclic) bond motifs is 1. The van der Waals surface area contributed by atoms with Crippen molar-refractivity contribution in [3.63, 3.8) is 0 Å². The summed E-state index contributed by atoms with van der Waals surface area (Å²) in [5.74, 6) is -0.309. The van der Waals surface area contributed by atoms with Crippen molar-refractivity contribution in [2.24, 2.45) is 0 Å². The Kier molecular flexibility index (Phi) is 5.05. The van der Waals surface area contributed by atoms with Gasteiger partial charge in [0.15, 0.2) is 0 Å². The van der Waals surface area contributed by atoms with Crippen molar-refractivity contribution in [1.29, 1.82) is 0 Å². The summed E-state index contributed by atoms with van der Waals surface area (Å²) in [7, 11) is -1.91. The van der Waals surface area contributed by atoms with Crippen molar-refractivity contribution in [3.05, 3.63) is 23.8 Å². The Hall–Kier alpha value is -2.33. The Morgan fingerprint density at radius 2 is 2.19 bits per heavy atom. The van der Waals surface area contributed by atoms with Gasteiger partial charge >= 0.3 is 6.09 Å². The molecule has 0 aromatic heterocycles. The highest BCUT2D eigenvalue weighted by Crippen LogP contribution is 2.36. The highest BCUT2D eigenvalue weighted by Gasteiger charge is 2.36. The molecular formula is C16H21N3O6S. The van der Waals surface area contributed by atoms with E-state index in [1.165, 1.54) is 23.2 Å². The number of methoxy groups -OCH3 is 1. The van der Waals surface area contributed by atoms with Crippen LogP contribution in [-0.4, -0.2) is 59.9 Å². The Bertz CT molecular complexity index is 825. The van der Waals surface area contributed by atoms with Crippen LogP contribution in [-0.2, 0) is 30.0 Å². The van der Waals surface area contributed by atoms with Gasteiger partial charge in [-0.25, -0.2) is 13.2 Å². The quantitative estimate of drug-likeness (QED) is 0.764. The fraction of sp³-hybridized carbons (Fsp3) is 0.500. The molecule has 9 nitrogen and oxygen atoms in total. The minimum atomic E-state index is -3.43. The topological polar surface area (TPSA) is 105 Å². The number of nitrogens with one attached hydrogen (secondary N) is 1. The lowest BCUT2D eigenvalue weighted by atomic mass is 10.1. The fourth-order valence-corrected chi connectivity index (χ4v) is 4.66. The Morgan fingerprint density at radius 3 is 2.88 bits per heavy atom. The second-order valence-electron chi connectivity index (χ2n) is 6.19. The summed E-state index contributed by atoms with van der Waals surface area (Å²) in [6.45, 7) is 2.46. The first-order chi connectivity index (χ1) is 12.3. The van der Waals surface area contributed by atoms with Crippen LogP contribution in [0.15, 0.2) is 18.2 Å². The first kappa shape index (κ1) is 18.5. The maximum Gasteiger partial charge on any atom is 0.414 e. The number of nitrogens with zero attached hydrogens (tertiary/aromatic N) is 2. The number of sulfonamides is 1. The number of rotatable bonds is 6. The number of carbonyl (C=O) groups excluding carboxylic acids is 2. The van der Waals surface area contributed by atoms with Gasteiger partial charge in [0.1, 0.15) is 6.10 Å². The molecular weight excluding hydrogens is 362 g/mol. The summed E-state index contributed by atoms with van der Waals surface area (Å²) < 4.78 is 36.2. The van der Waals surface area contributed by atoms with E-state index in [0.29, 0.717) is 23.5 Å². The van der Waals surface area contributed by atoms with Gasteiger partial charge in [0.25, 0.3) is 0 Å². The molecule has 0 aliphatic carbocycles. The predicted octanol–water partition coefficient (Wildman–Crippen LogP) is 0.444. The van der Waals surface area contributed by atoms with Gasteiger partial charge in [-0.2, -0.15) is 0 Å². The van der Waals surface area contributed by atoms with Crippen molar-refractivity contribution in [3.8, 4) is 0 Å². The summed E-state index contributed by atoms with van der Waals surface area (Å²) >= 11 is 0. The molecule has 2 aliphatic rings. The highest BCUT2D eigenvalue weighted by atomic mass is 32.2. The molecule has 1 aromatic rings. The van der Waals surface area contributed by atoms with E-state index in [4.69, 9.17) is 9.47 Å². The molecule has 0 unspecified atom stereocenters. The maximum absolute atomic E-state index is 12.3. The van der Waals surface area contributed by atoms with E-state index in [-0.39, 0.29) is 31.3 Å². The molecule has 1 aromatic carbocycles. The smallest absolute Gasteiger partial charge is 0.414 e. The summed E-state index contributed by atoms with van der Waals surface area (Å²) in [4.78, 5) is 24.5. The van der Waals surface area contributed by atoms with Crippen molar-refractivity contribution >= 4 is 33.4 Å². The SMILES string of the molecule is COCCN1c2ccc(N3C[C@H](CNC(C)=O)OC3=O)cc2CS1(=O)=O. The van der Waals surface area contributed by atoms with Crippen LogP contribution in [0.5, 0.6) is 0 Å². The van der Waals surface area contributed by atoms with Gasteiger partial charge in [-0.05, 0) is 23.8 Å². The Morgan fingerprint density at radius 1 is 1.42 bits per heavy atom. The number of carbonyl (C=O) groups is 2. The van der Waals surface area contributed by atoms with Crippen molar-refractivity contribution in [2.45, 2.75) is 18.8 Å². The highest BCUT2D eigenvalue weighted by molar-refractivity contribution is 7.92. The summed E-state index contributed by atoms with van der Waals surface area (Å²) in [6, 6.07) is 5.09. The summed E-state index contributed by atoms with van der Waals surface area (Å²) in [5, 5.41) is 2.62. The van der Waals surface area contributed by atoms with Crippen LogP contribution in [0.4, 0.5) is 16.2 Å². The van der Waals surface area contributed by atoms with Gasteiger partial charge in [0.2, 0.25) is 15.9 Å². The van der Waals surface area contributed by atoms with Gasteiger partial charge in [-0.3, -0.25) is 14.0 Å². The Balaban J connectivity index is 1.78. The second-order valence-corrected chi connectivity index (χ2v) is 8.08. The second kappa shape index (κ2) is 7.12. The van der Waals surface area contributed by atoms with Crippen molar-refractivity contribution in [2.75, 3.05) is 42.6 Å². The van der Waals surface area contributed by atoms with Crippen LogP contribution in [0.25, 0.3) is 0 Å². The van der Waals surface area contributed by atoms with Gasteiger partial charge < -0.3 is 14.8 Å². The monoisotopic (exact) mass is 383 g/mol. The molecule has 2 heterocycles. The van der Waals surface area contributed by atoms with Gasteiger partial charge in [0, 0.05) is 19.7 Å². The lowest BCUT2D eigenvalue weighted by molar-refractivity contribution is -0.119. The minimum absolute atomic E-state index is 0.113. The van der Waals surface area contributed by atoms with Crippen LogP contribution in [0.3, 0.4) is 0 Å². The molecule has 0 saturated carbocycles. The molecule has 1 fully saturated rings. The third-order valence-electron chi connectivity index (χ3n) is 4.27. The van der Waals surface area contributed by atoms with E-state index in [1.807, 2.05) is 0 Å². The number of ether oxygens (including phenoxy) is 2. The summed E-state index contributed by atoms with van der Waals surface area (Å²) in [6.07, 6.45) is -0.959. The van der Waals surface area contributed by atoms with E-state index < -0.39 is 22.2 Å².